The highest BCUT2D eigenvalue weighted by Crippen LogP contribution is 2.15. The van der Waals surface area contributed by atoms with Gasteiger partial charge in [0.2, 0.25) is 5.91 Å². The summed E-state index contributed by atoms with van der Waals surface area (Å²) in [4.78, 5) is 29.6. The molecule has 2 N–H and O–H groups in total. The number of unbranched alkanes of at least 4 members (excludes halogenated alkanes) is 1. The molecule has 0 bridgehead atoms. The van der Waals surface area contributed by atoms with Crippen LogP contribution in [0.25, 0.3) is 10.9 Å². The highest BCUT2D eigenvalue weighted by atomic mass is 16.2. The summed E-state index contributed by atoms with van der Waals surface area (Å²) in [6.07, 6.45) is 3.70. The molecule has 6 nitrogen and oxygen atoms in total. The van der Waals surface area contributed by atoms with Crippen LogP contribution in [0.15, 0.2) is 36.5 Å². The topological polar surface area (TPSA) is 74.3 Å². The van der Waals surface area contributed by atoms with Gasteiger partial charge in [-0.1, -0.05) is 31.5 Å². The van der Waals surface area contributed by atoms with Gasteiger partial charge in [0.25, 0.3) is 0 Å². The fourth-order valence-corrected chi connectivity index (χ4v) is 2.36. The minimum absolute atomic E-state index is 0.0483. The number of pyridine rings is 1. The molecule has 0 aliphatic rings. The van der Waals surface area contributed by atoms with Gasteiger partial charge in [0, 0.05) is 31.7 Å². The number of nitrogens with one attached hydrogen (secondary N) is 2. The van der Waals surface area contributed by atoms with E-state index in [1.165, 1.54) is 4.90 Å². The third kappa shape index (κ3) is 4.94. The molecule has 0 saturated carbocycles. The number of benzene rings is 1. The number of hydrogen-bond donors (Lipinski definition) is 2. The summed E-state index contributed by atoms with van der Waals surface area (Å²) in [6, 6.07) is 9.41. The Morgan fingerprint density at radius 1 is 1.17 bits per heavy atom. The van der Waals surface area contributed by atoms with Gasteiger partial charge in [-0.15, -0.1) is 0 Å². The molecule has 2 rings (SSSR count). The van der Waals surface area contributed by atoms with Crippen molar-refractivity contribution in [2.75, 3.05) is 20.1 Å². The quantitative estimate of drug-likeness (QED) is 0.766. The van der Waals surface area contributed by atoms with Crippen LogP contribution in [0.2, 0.25) is 0 Å². The van der Waals surface area contributed by atoms with Crippen molar-refractivity contribution in [3.63, 3.8) is 0 Å². The van der Waals surface area contributed by atoms with E-state index in [2.05, 4.69) is 22.5 Å². The van der Waals surface area contributed by atoms with Crippen LogP contribution in [-0.4, -0.2) is 42.0 Å². The lowest BCUT2D eigenvalue weighted by atomic mass is 10.1. The standard InChI is InChI=1S/C18H24N4O2/c1-3-4-10-20-17(23)13-22(2)18(24)21-12-14-9-11-19-16-8-6-5-7-15(14)16/h5-9,11H,3-4,10,12-13H2,1-2H3,(H,20,23)(H,21,24). The van der Waals surface area contributed by atoms with E-state index in [0.29, 0.717) is 13.1 Å². The fourth-order valence-electron chi connectivity index (χ4n) is 2.36. The van der Waals surface area contributed by atoms with E-state index in [1.54, 1.807) is 13.2 Å². The number of nitrogens with zero attached hydrogens (tertiary/aromatic N) is 2. The second-order valence-electron chi connectivity index (χ2n) is 5.71. The molecule has 0 aliphatic heterocycles. The van der Waals surface area contributed by atoms with E-state index in [0.717, 1.165) is 29.3 Å². The van der Waals surface area contributed by atoms with Gasteiger partial charge < -0.3 is 15.5 Å². The van der Waals surface area contributed by atoms with Crippen LogP contribution in [-0.2, 0) is 11.3 Å². The minimum atomic E-state index is -0.276. The Labute approximate surface area is 142 Å². The molecule has 1 aromatic carbocycles. The molecule has 0 unspecified atom stereocenters. The van der Waals surface area contributed by atoms with Crippen LogP contribution in [0.3, 0.4) is 0 Å². The Morgan fingerprint density at radius 2 is 1.96 bits per heavy atom. The maximum atomic E-state index is 12.1. The molecule has 1 aromatic heterocycles. The summed E-state index contributed by atoms with van der Waals surface area (Å²) in [7, 11) is 1.61. The average molecular weight is 328 g/mol. The highest BCUT2D eigenvalue weighted by molar-refractivity contribution is 5.85. The van der Waals surface area contributed by atoms with Crippen LogP contribution in [0.4, 0.5) is 4.79 Å². The van der Waals surface area contributed by atoms with Crippen molar-refractivity contribution in [2.24, 2.45) is 0 Å². The molecule has 3 amide bonds. The van der Waals surface area contributed by atoms with E-state index < -0.39 is 0 Å². The zero-order valence-electron chi connectivity index (χ0n) is 14.2. The predicted octanol–water partition coefficient (Wildman–Crippen LogP) is 2.29. The Kier molecular flexibility index (Phi) is 6.54. The number of hydrogen-bond acceptors (Lipinski definition) is 3. The normalized spacial score (nSPS) is 10.4. The third-order valence-corrected chi connectivity index (χ3v) is 3.75. The van der Waals surface area contributed by atoms with Gasteiger partial charge >= 0.3 is 6.03 Å². The van der Waals surface area contributed by atoms with E-state index in [9.17, 15) is 9.59 Å². The monoisotopic (exact) mass is 328 g/mol. The zero-order chi connectivity index (χ0) is 17.4. The van der Waals surface area contributed by atoms with E-state index in [-0.39, 0.29) is 18.5 Å². The van der Waals surface area contributed by atoms with Gasteiger partial charge in [-0.25, -0.2) is 4.79 Å². The summed E-state index contributed by atoms with van der Waals surface area (Å²) in [6.45, 7) is 3.15. The Bertz CT molecular complexity index is 697. The second-order valence-corrected chi connectivity index (χ2v) is 5.71. The first-order valence-electron chi connectivity index (χ1n) is 8.20. The molecular formula is C18H24N4O2. The molecule has 0 radical (unpaired) electrons. The molecular weight excluding hydrogens is 304 g/mol. The van der Waals surface area contributed by atoms with Crippen LogP contribution in [0, 0.1) is 0 Å². The van der Waals surface area contributed by atoms with Crippen molar-refractivity contribution in [1.29, 1.82) is 0 Å². The van der Waals surface area contributed by atoms with Crippen LogP contribution >= 0.6 is 0 Å². The number of carbonyl (C=O) groups is 2. The molecule has 0 spiro atoms. The molecule has 0 fully saturated rings. The molecule has 24 heavy (non-hydrogen) atoms. The molecule has 128 valence electrons. The zero-order valence-corrected chi connectivity index (χ0v) is 14.2. The van der Waals surface area contributed by atoms with Crippen molar-refractivity contribution in [3.8, 4) is 0 Å². The van der Waals surface area contributed by atoms with Gasteiger partial charge in [-0.3, -0.25) is 9.78 Å². The van der Waals surface area contributed by atoms with Gasteiger partial charge in [0.05, 0.1) is 5.52 Å². The largest absolute Gasteiger partial charge is 0.355 e. The van der Waals surface area contributed by atoms with E-state index in [4.69, 9.17) is 0 Å². The van der Waals surface area contributed by atoms with Gasteiger partial charge in [-0.2, -0.15) is 0 Å². The number of para-hydroxylation sites is 1. The molecule has 0 atom stereocenters. The first kappa shape index (κ1) is 17.7. The molecule has 1 heterocycles. The Hall–Kier alpha value is -2.63. The SMILES string of the molecule is CCCCNC(=O)CN(C)C(=O)NCc1ccnc2ccccc12. The summed E-state index contributed by atoms with van der Waals surface area (Å²) >= 11 is 0. The minimum Gasteiger partial charge on any atom is -0.355 e. The molecule has 0 saturated heterocycles. The number of urea groups is 1. The van der Waals surface area contributed by atoms with Crippen LogP contribution < -0.4 is 10.6 Å². The van der Waals surface area contributed by atoms with Crippen molar-refractivity contribution >= 4 is 22.8 Å². The van der Waals surface area contributed by atoms with Crippen LogP contribution in [0.5, 0.6) is 0 Å². The van der Waals surface area contributed by atoms with Crippen molar-refractivity contribution < 1.29 is 9.59 Å². The first-order chi connectivity index (χ1) is 11.6. The summed E-state index contributed by atoms with van der Waals surface area (Å²) in [5, 5.41) is 6.66. The number of rotatable bonds is 7. The number of fused-ring (bicyclic) bond motifs is 1. The predicted molar refractivity (Wildman–Crippen MR) is 94.5 cm³/mol. The second kappa shape index (κ2) is 8.86. The van der Waals surface area contributed by atoms with E-state index >= 15 is 0 Å². The highest BCUT2D eigenvalue weighted by Gasteiger charge is 2.12. The Morgan fingerprint density at radius 3 is 2.75 bits per heavy atom. The Balaban J connectivity index is 1.86. The number of amides is 3. The smallest absolute Gasteiger partial charge is 0.317 e. The maximum Gasteiger partial charge on any atom is 0.317 e. The van der Waals surface area contributed by atoms with Crippen LogP contribution in [0.1, 0.15) is 25.3 Å². The number of carbonyl (C=O) groups excluding carboxylic acids is 2. The number of likely N-dealkylation sites (N-methyl/N-ethyl adjacent to an activating group) is 1. The summed E-state index contributed by atoms with van der Waals surface area (Å²) in [5.41, 5.74) is 1.89. The van der Waals surface area contributed by atoms with Crippen molar-refractivity contribution in [1.82, 2.24) is 20.5 Å². The maximum absolute atomic E-state index is 12.1. The average Bonchev–Trinajstić information content (AvgIpc) is 2.59. The van der Waals surface area contributed by atoms with Gasteiger partial charge in [0.1, 0.15) is 6.54 Å². The van der Waals surface area contributed by atoms with Crippen molar-refractivity contribution in [3.05, 3.63) is 42.1 Å². The summed E-state index contributed by atoms with van der Waals surface area (Å²) < 4.78 is 0. The fraction of sp³-hybridized carbons (Fsp3) is 0.389. The van der Waals surface area contributed by atoms with Crippen molar-refractivity contribution in [2.45, 2.75) is 26.3 Å². The third-order valence-electron chi connectivity index (χ3n) is 3.75. The molecule has 0 aliphatic carbocycles. The number of aromatic nitrogens is 1. The van der Waals surface area contributed by atoms with Gasteiger partial charge in [-0.05, 0) is 24.1 Å². The molecule has 2 aromatic rings. The van der Waals surface area contributed by atoms with Gasteiger partial charge in [0.15, 0.2) is 0 Å². The first-order valence-corrected chi connectivity index (χ1v) is 8.20. The summed E-state index contributed by atoms with van der Waals surface area (Å²) in [5.74, 6) is -0.143. The van der Waals surface area contributed by atoms with E-state index in [1.807, 2.05) is 30.3 Å². The lowest BCUT2D eigenvalue weighted by Gasteiger charge is -2.18. The lowest BCUT2D eigenvalue weighted by Crippen LogP contribution is -2.43. The lowest BCUT2D eigenvalue weighted by molar-refractivity contribution is -0.121. The molecule has 6 heteroatoms.